The minimum Gasteiger partial charge on any atom is -0.232 e. The van der Waals surface area contributed by atoms with Crippen LogP contribution < -0.4 is 0 Å². The van der Waals surface area contributed by atoms with Crippen LogP contribution in [-0.4, -0.2) is 9.97 Å². The van der Waals surface area contributed by atoms with Crippen LogP contribution in [0.4, 0.5) is 0 Å². The molecule has 0 atom stereocenters. The van der Waals surface area contributed by atoms with E-state index in [2.05, 4.69) is 66.7 Å². The van der Waals surface area contributed by atoms with Crippen molar-refractivity contribution in [2.45, 2.75) is 6.92 Å². The lowest BCUT2D eigenvalue weighted by Crippen LogP contribution is -1.92. The second-order valence-electron chi connectivity index (χ2n) is 6.68. The third-order valence-corrected chi connectivity index (χ3v) is 7.29. The van der Waals surface area contributed by atoms with Crippen LogP contribution in [-0.2, 0) is 0 Å². The molecule has 0 aliphatic rings. The average Bonchev–Trinajstić information content (AvgIpc) is 3.25. The van der Waals surface area contributed by atoms with Gasteiger partial charge in [0, 0.05) is 41.2 Å². The highest BCUT2D eigenvalue weighted by molar-refractivity contribution is 7.26. The summed E-state index contributed by atoms with van der Waals surface area (Å²) in [6.45, 7) is 1.98. The van der Waals surface area contributed by atoms with Crippen LogP contribution >= 0.6 is 22.7 Å². The molecule has 0 saturated heterocycles. The summed E-state index contributed by atoms with van der Waals surface area (Å²) in [7, 11) is 0. The number of benzene rings is 3. The third-order valence-electron chi connectivity index (χ3n) is 5.01. The maximum absolute atomic E-state index is 4.92. The highest BCUT2D eigenvalue weighted by atomic mass is 32.1. The predicted octanol–water partition coefficient (Wildman–Crippen LogP) is 7.19. The molecular formula is C23H14N2S2. The Morgan fingerprint density at radius 2 is 1.37 bits per heavy atom. The molecular weight excluding hydrogens is 368 g/mol. The van der Waals surface area contributed by atoms with Gasteiger partial charge in [0.15, 0.2) is 0 Å². The molecule has 3 aromatic heterocycles. The van der Waals surface area contributed by atoms with Crippen molar-refractivity contribution in [3.63, 3.8) is 0 Å². The van der Waals surface area contributed by atoms with Crippen molar-refractivity contribution >= 4 is 63.1 Å². The fourth-order valence-corrected chi connectivity index (χ4v) is 6.20. The Bertz CT molecular complexity index is 1490. The van der Waals surface area contributed by atoms with Crippen LogP contribution in [0.3, 0.4) is 0 Å². The largest absolute Gasteiger partial charge is 0.232 e. The molecule has 27 heavy (non-hydrogen) atoms. The summed E-state index contributed by atoms with van der Waals surface area (Å²) in [6.07, 6.45) is 0. The molecule has 0 aliphatic heterocycles. The molecule has 0 fully saturated rings. The second kappa shape index (κ2) is 5.59. The van der Waals surface area contributed by atoms with E-state index in [0.29, 0.717) is 0 Å². The highest BCUT2D eigenvalue weighted by Crippen LogP contribution is 2.43. The first-order valence-electron chi connectivity index (χ1n) is 8.86. The fraction of sp³-hybridized carbons (Fsp3) is 0.0435. The summed E-state index contributed by atoms with van der Waals surface area (Å²) in [6, 6.07) is 23.7. The van der Waals surface area contributed by atoms with Crippen molar-refractivity contribution in [1.29, 1.82) is 0 Å². The van der Waals surface area contributed by atoms with E-state index in [9.17, 15) is 0 Å². The monoisotopic (exact) mass is 382 g/mol. The lowest BCUT2D eigenvalue weighted by atomic mass is 10.0. The Labute approximate surface area is 163 Å². The van der Waals surface area contributed by atoms with Crippen LogP contribution in [0, 0.1) is 6.92 Å². The fourth-order valence-electron chi connectivity index (χ4n) is 3.86. The zero-order valence-corrected chi connectivity index (χ0v) is 16.2. The van der Waals surface area contributed by atoms with E-state index in [-0.39, 0.29) is 0 Å². The summed E-state index contributed by atoms with van der Waals surface area (Å²) in [5, 5.41) is 5.03. The molecule has 3 heterocycles. The van der Waals surface area contributed by atoms with E-state index in [0.717, 1.165) is 16.3 Å². The van der Waals surface area contributed by atoms with Crippen LogP contribution in [0.15, 0.2) is 66.7 Å². The van der Waals surface area contributed by atoms with E-state index in [1.54, 1.807) is 11.3 Å². The lowest BCUT2D eigenvalue weighted by Gasteiger charge is -2.06. The van der Waals surface area contributed by atoms with Crippen LogP contribution in [0.2, 0.25) is 0 Å². The maximum Gasteiger partial charge on any atom is 0.128 e. The van der Waals surface area contributed by atoms with Crippen LogP contribution in [0.1, 0.15) is 5.82 Å². The smallest absolute Gasteiger partial charge is 0.128 e. The van der Waals surface area contributed by atoms with Gasteiger partial charge in [-0.2, -0.15) is 0 Å². The molecule has 0 aliphatic carbocycles. The predicted molar refractivity (Wildman–Crippen MR) is 118 cm³/mol. The molecule has 6 aromatic rings. The topological polar surface area (TPSA) is 25.8 Å². The van der Waals surface area contributed by atoms with Gasteiger partial charge in [-0.05, 0) is 19.1 Å². The van der Waals surface area contributed by atoms with E-state index in [4.69, 9.17) is 9.97 Å². The SMILES string of the molecule is Cc1nc(-c2cccc3c2sc2ccccc23)c2c(n1)sc1ccccc12. The molecule has 2 nitrogen and oxygen atoms in total. The van der Waals surface area contributed by atoms with Gasteiger partial charge in [0.25, 0.3) is 0 Å². The highest BCUT2D eigenvalue weighted by Gasteiger charge is 2.17. The van der Waals surface area contributed by atoms with Crippen molar-refractivity contribution < 1.29 is 0 Å². The van der Waals surface area contributed by atoms with Gasteiger partial charge in [-0.3, -0.25) is 0 Å². The number of thiophene rings is 2. The van der Waals surface area contributed by atoms with Crippen molar-refractivity contribution in [2.24, 2.45) is 0 Å². The average molecular weight is 383 g/mol. The Morgan fingerprint density at radius 3 is 2.22 bits per heavy atom. The van der Waals surface area contributed by atoms with Gasteiger partial charge in [-0.1, -0.05) is 54.6 Å². The van der Waals surface area contributed by atoms with Crippen molar-refractivity contribution in [3.8, 4) is 11.3 Å². The summed E-state index contributed by atoms with van der Waals surface area (Å²) in [5.41, 5.74) is 2.25. The van der Waals surface area contributed by atoms with Gasteiger partial charge in [0.05, 0.1) is 5.69 Å². The molecule has 0 amide bonds. The van der Waals surface area contributed by atoms with E-state index < -0.39 is 0 Å². The van der Waals surface area contributed by atoms with Gasteiger partial charge < -0.3 is 0 Å². The van der Waals surface area contributed by atoms with Crippen molar-refractivity contribution in [2.75, 3.05) is 0 Å². The number of aromatic nitrogens is 2. The van der Waals surface area contributed by atoms with E-state index in [1.165, 1.54) is 41.2 Å². The zero-order chi connectivity index (χ0) is 18.0. The Hall–Kier alpha value is -2.82. The first-order chi connectivity index (χ1) is 13.3. The van der Waals surface area contributed by atoms with Gasteiger partial charge in [0.1, 0.15) is 10.7 Å². The molecule has 0 saturated carbocycles. The van der Waals surface area contributed by atoms with Gasteiger partial charge >= 0.3 is 0 Å². The normalized spacial score (nSPS) is 11.9. The van der Waals surface area contributed by atoms with E-state index in [1.807, 2.05) is 18.3 Å². The van der Waals surface area contributed by atoms with Gasteiger partial charge in [-0.25, -0.2) is 9.97 Å². The zero-order valence-electron chi connectivity index (χ0n) is 14.6. The van der Waals surface area contributed by atoms with Gasteiger partial charge in [-0.15, -0.1) is 22.7 Å². The minimum atomic E-state index is 0.821. The van der Waals surface area contributed by atoms with E-state index >= 15 is 0 Å². The first-order valence-corrected chi connectivity index (χ1v) is 10.5. The van der Waals surface area contributed by atoms with Crippen LogP contribution in [0.5, 0.6) is 0 Å². The van der Waals surface area contributed by atoms with Gasteiger partial charge in [0.2, 0.25) is 0 Å². The summed E-state index contributed by atoms with van der Waals surface area (Å²) in [5.74, 6) is 0.821. The van der Waals surface area contributed by atoms with Crippen molar-refractivity contribution in [1.82, 2.24) is 9.97 Å². The molecule has 128 valence electrons. The molecule has 0 unspecified atom stereocenters. The number of nitrogens with zero attached hydrogens (tertiary/aromatic N) is 2. The summed E-state index contributed by atoms with van der Waals surface area (Å²) in [4.78, 5) is 10.7. The Kier molecular flexibility index (Phi) is 3.16. The second-order valence-corrected chi connectivity index (χ2v) is 8.76. The molecule has 3 aromatic carbocycles. The number of hydrogen-bond donors (Lipinski definition) is 0. The minimum absolute atomic E-state index is 0.821. The molecule has 4 heteroatoms. The maximum atomic E-state index is 4.92. The molecule has 0 spiro atoms. The van der Waals surface area contributed by atoms with Crippen LogP contribution in [0.25, 0.3) is 51.7 Å². The third kappa shape index (κ3) is 2.17. The number of aryl methyl sites for hydroxylation is 1. The molecule has 6 rings (SSSR count). The number of fused-ring (bicyclic) bond motifs is 6. The Balaban J connectivity index is 1.80. The Morgan fingerprint density at radius 1 is 0.667 bits per heavy atom. The quantitative estimate of drug-likeness (QED) is 0.301. The van der Waals surface area contributed by atoms with Crippen molar-refractivity contribution in [3.05, 3.63) is 72.6 Å². The molecule has 0 bridgehead atoms. The summed E-state index contributed by atoms with van der Waals surface area (Å²) >= 11 is 3.60. The number of hydrogen-bond acceptors (Lipinski definition) is 4. The lowest BCUT2D eigenvalue weighted by molar-refractivity contribution is 1.11. The summed E-state index contributed by atoms with van der Waals surface area (Å²) < 4.78 is 3.88. The molecule has 0 N–H and O–H groups in total. The first kappa shape index (κ1) is 15.3. The number of rotatable bonds is 1. The standard InChI is InChI=1S/C23H14N2S2/c1-13-24-21(20-16-8-3-5-12-19(16)27-23(20)25-13)17-10-6-9-15-14-7-2-4-11-18(14)26-22(15)17/h2-12H,1H3. The molecule has 0 radical (unpaired) electrons.